The van der Waals surface area contributed by atoms with E-state index < -0.39 is 0 Å². The number of halogens is 1. The van der Waals surface area contributed by atoms with Crippen LogP contribution in [-0.2, 0) is 13.0 Å². The molecule has 0 aliphatic heterocycles. The highest BCUT2D eigenvalue weighted by Crippen LogP contribution is 2.27. The third-order valence-corrected chi connectivity index (χ3v) is 4.47. The highest BCUT2D eigenvalue weighted by Gasteiger charge is 2.15. The van der Waals surface area contributed by atoms with Gasteiger partial charge in [-0.15, -0.1) is 11.3 Å². The van der Waals surface area contributed by atoms with Crippen molar-refractivity contribution in [2.45, 2.75) is 25.9 Å². The van der Waals surface area contributed by atoms with Crippen LogP contribution in [0.3, 0.4) is 0 Å². The van der Waals surface area contributed by atoms with Crippen LogP contribution in [0, 0.1) is 0 Å². The summed E-state index contributed by atoms with van der Waals surface area (Å²) in [5.41, 5.74) is 2.86. The molecule has 4 nitrogen and oxygen atoms in total. The van der Waals surface area contributed by atoms with Crippen LogP contribution < -0.4 is 11.3 Å². The molecule has 0 aliphatic rings. The van der Waals surface area contributed by atoms with Gasteiger partial charge in [0.2, 0.25) is 0 Å². The van der Waals surface area contributed by atoms with E-state index in [0.717, 1.165) is 23.3 Å². The van der Waals surface area contributed by atoms with E-state index in [1.165, 1.54) is 4.88 Å². The summed E-state index contributed by atoms with van der Waals surface area (Å²) >= 11 is 5.15. The molecule has 0 amide bonds. The first-order valence-electron chi connectivity index (χ1n) is 5.44. The Labute approximate surface area is 113 Å². The fourth-order valence-corrected chi connectivity index (χ4v) is 3.26. The van der Waals surface area contributed by atoms with Crippen molar-refractivity contribution in [1.82, 2.24) is 15.0 Å². The number of imidazole rings is 1. The molecule has 0 radical (unpaired) electrons. The Balaban J connectivity index is 2.15. The summed E-state index contributed by atoms with van der Waals surface area (Å²) < 4.78 is 3.23. The summed E-state index contributed by atoms with van der Waals surface area (Å²) in [5.74, 6) is 6.68. The maximum atomic E-state index is 5.63. The van der Waals surface area contributed by atoms with E-state index in [4.69, 9.17) is 5.84 Å². The first-order chi connectivity index (χ1) is 8.24. The zero-order chi connectivity index (χ0) is 12.3. The SMILES string of the molecule is CCn1ccnc1CC(NN)c1cc(Br)cs1. The lowest BCUT2D eigenvalue weighted by molar-refractivity contribution is 0.530. The lowest BCUT2D eigenvalue weighted by atomic mass is 10.1. The number of thiophene rings is 1. The highest BCUT2D eigenvalue weighted by molar-refractivity contribution is 9.10. The number of hydrazine groups is 1. The standard InChI is InChI=1S/C11H15BrN4S/c1-2-16-4-3-14-11(16)6-9(15-13)10-5-8(12)7-17-10/h3-5,7,9,15H,2,6,13H2,1H3. The van der Waals surface area contributed by atoms with E-state index >= 15 is 0 Å². The number of aryl methyl sites for hydroxylation is 1. The molecule has 0 bridgehead atoms. The van der Waals surface area contributed by atoms with Crippen molar-refractivity contribution in [3.8, 4) is 0 Å². The Bertz CT molecular complexity index is 479. The number of nitrogens with two attached hydrogens (primary N) is 1. The molecule has 6 heteroatoms. The average molecular weight is 315 g/mol. The number of hydrogen-bond donors (Lipinski definition) is 2. The molecule has 2 aromatic heterocycles. The second kappa shape index (κ2) is 5.77. The van der Waals surface area contributed by atoms with Crippen molar-refractivity contribution in [2.75, 3.05) is 0 Å². The fourth-order valence-electron chi connectivity index (χ4n) is 1.75. The minimum Gasteiger partial charge on any atom is -0.335 e. The molecule has 0 fully saturated rings. The summed E-state index contributed by atoms with van der Waals surface area (Å²) in [7, 11) is 0. The zero-order valence-corrected chi connectivity index (χ0v) is 12.0. The molecule has 3 N–H and O–H groups in total. The number of aromatic nitrogens is 2. The summed E-state index contributed by atoms with van der Waals surface area (Å²) in [6.07, 6.45) is 4.62. The van der Waals surface area contributed by atoms with Gasteiger partial charge in [-0.2, -0.15) is 0 Å². The Hall–Kier alpha value is -0.690. The van der Waals surface area contributed by atoms with Gasteiger partial charge in [-0.05, 0) is 28.9 Å². The molecule has 0 saturated heterocycles. The van der Waals surface area contributed by atoms with Crippen LogP contribution >= 0.6 is 27.3 Å². The zero-order valence-electron chi connectivity index (χ0n) is 9.56. The highest BCUT2D eigenvalue weighted by atomic mass is 79.9. The molecule has 17 heavy (non-hydrogen) atoms. The molecule has 1 atom stereocenters. The van der Waals surface area contributed by atoms with Gasteiger partial charge in [0.25, 0.3) is 0 Å². The normalized spacial score (nSPS) is 12.9. The van der Waals surface area contributed by atoms with Crippen molar-refractivity contribution in [3.05, 3.63) is 39.0 Å². The molecular formula is C11H15BrN4S. The van der Waals surface area contributed by atoms with Gasteiger partial charge in [0.05, 0.1) is 6.04 Å². The first-order valence-corrected chi connectivity index (χ1v) is 7.12. The van der Waals surface area contributed by atoms with Crippen LogP contribution in [0.4, 0.5) is 0 Å². The monoisotopic (exact) mass is 314 g/mol. The van der Waals surface area contributed by atoms with Crippen LogP contribution in [0.15, 0.2) is 28.3 Å². The third kappa shape index (κ3) is 2.95. The van der Waals surface area contributed by atoms with Gasteiger partial charge in [0.1, 0.15) is 5.82 Å². The number of hydrogen-bond acceptors (Lipinski definition) is 4. The molecule has 0 saturated carbocycles. The van der Waals surface area contributed by atoms with Crippen LogP contribution in [0.2, 0.25) is 0 Å². The van der Waals surface area contributed by atoms with Gasteiger partial charge in [-0.25, -0.2) is 4.98 Å². The molecule has 92 valence electrons. The molecule has 0 aliphatic carbocycles. The number of nitrogens with one attached hydrogen (secondary N) is 1. The van der Waals surface area contributed by atoms with E-state index in [0.29, 0.717) is 0 Å². The molecular weight excluding hydrogens is 300 g/mol. The molecule has 2 rings (SSSR count). The van der Waals surface area contributed by atoms with Crippen molar-refractivity contribution in [3.63, 3.8) is 0 Å². The lowest BCUT2D eigenvalue weighted by Crippen LogP contribution is -2.29. The van der Waals surface area contributed by atoms with Crippen molar-refractivity contribution in [2.24, 2.45) is 5.84 Å². The second-order valence-corrected chi connectivity index (χ2v) is 5.58. The van der Waals surface area contributed by atoms with Crippen LogP contribution in [0.1, 0.15) is 23.7 Å². The predicted molar refractivity (Wildman–Crippen MR) is 73.7 cm³/mol. The minimum atomic E-state index is 0.110. The van der Waals surface area contributed by atoms with Gasteiger partial charge >= 0.3 is 0 Å². The van der Waals surface area contributed by atoms with Crippen LogP contribution in [0.5, 0.6) is 0 Å². The van der Waals surface area contributed by atoms with Crippen molar-refractivity contribution >= 4 is 27.3 Å². The molecule has 0 spiro atoms. The van der Waals surface area contributed by atoms with E-state index in [-0.39, 0.29) is 6.04 Å². The van der Waals surface area contributed by atoms with E-state index in [9.17, 15) is 0 Å². The van der Waals surface area contributed by atoms with E-state index in [1.54, 1.807) is 11.3 Å². The predicted octanol–water partition coefficient (Wildman–Crippen LogP) is 2.47. The molecule has 1 unspecified atom stereocenters. The quantitative estimate of drug-likeness (QED) is 0.658. The summed E-state index contributed by atoms with van der Waals surface area (Å²) in [6, 6.07) is 2.20. The van der Waals surface area contributed by atoms with Crippen LogP contribution in [0.25, 0.3) is 0 Å². The Morgan fingerprint density at radius 3 is 3.06 bits per heavy atom. The summed E-state index contributed by atoms with van der Waals surface area (Å²) in [4.78, 5) is 5.58. The topological polar surface area (TPSA) is 55.9 Å². The summed E-state index contributed by atoms with van der Waals surface area (Å²) in [6.45, 7) is 3.04. The van der Waals surface area contributed by atoms with Gasteiger partial charge in [0.15, 0.2) is 0 Å². The number of rotatable bonds is 5. The minimum absolute atomic E-state index is 0.110. The van der Waals surface area contributed by atoms with Crippen LogP contribution in [-0.4, -0.2) is 9.55 Å². The largest absolute Gasteiger partial charge is 0.335 e. The maximum absolute atomic E-state index is 5.63. The Morgan fingerprint density at radius 1 is 1.65 bits per heavy atom. The van der Waals surface area contributed by atoms with Gasteiger partial charge < -0.3 is 4.57 Å². The fraction of sp³-hybridized carbons (Fsp3) is 0.364. The Kier molecular flexibility index (Phi) is 4.33. The van der Waals surface area contributed by atoms with Crippen molar-refractivity contribution in [1.29, 1.82) is 0 Å². The van der Waals surface area contributed by atoms with Crippen molar-refractivity contribution < 1.29 is 0 Å². The molecule has 2 heterocycles. The van der Waals surface area contributed by atoms with E-state index in [2.05, 4.69) is 49.3 Å². The van der Waals surface area contributed by atoms with Gasteiger partial charge in [-0.1, -0.05) is 0 Å². The Morgan fingerprint density at radius 2 is 2.47 bits per heavy atom. The second-order valence-electron chi connectivity index (χ2n) is 3.72. The van der Waals surface area contributed by atoms with Gasteiger partial charge in [-0.3, -0.25) is 11.3 Å². The third-order valence-electron chi connectivity index (χ3n) is 2.66. The maximum Gasteiger partial charge on any atom is 0.110 e. The molecule has 2 aromatic rings. The number of nitrogens with zero attached hydrogens (tertiary/aromatic N) is 2. The van der Waals surface area contributed by atoms with Gasteiger partial charge in [0, 0.05) is 40.1 Å². The average Bonchev–Trinajstić information content (AvgIpc) is 2.94. The first kappa shape index (κ1) is 12.8. The van der Waals surface area contributed by atoms with E-state index in [1.807, 2.05) is 12.4 Å². The molecule has 0 aromatic carbocycles. The lowest BCUT2D eigenvalue weighted by Gasteiger charge is -2.14. The summed E-state index contributed by atoms with van der Waals surface area (Å²) in [5, 5.41) is 2.06. The smallest absolute Gasteiger partial charge is 0.110 e.